The van der Waals surface area contributed by atoms with Crippen molar-refractivity contribution < 1.29 is 0 Å². The summed E-state index contributed by atoms with van der Waals surface area (Å²) in [4.78, 5) is 0. The SMILES string of the molecule is Cc1ccc(-c2ccc(C)cc2)cc1.Cc1ccc(C(C)(C)c2ccc(C)cc2)cc1. The van der Waals surface area contributed by atoms with E-state index < -0.39 is 0 Å². The van der Waals surface area contributed by atoms with Gasteiger partial charge in [0.15, 0.2) is 0 Å². The van der Waals surface area contributed by atoms with Gasteiger partial charge in [-0.05, 0) is 49.9 Å². The first-order valence-electron chi connectivity index (χ1n) is 11.0. The van der Waals surface area contributed by atoms with Crippen LogP contribution in [-0.2, 0) is 5.41 Å². The van der Waals surface area contributed by atoms with Gasteiger partial charge in [0.05, 0.1) is 0 Å². The molecule has 158 valence electrons. The Morgan fingerprint density at radius 1 is 0.355 bits per heavy atom. The summed E-state index contributed by atoms with van der Waals surface area (Å²) in [6.45, 7) is 13.0. The first kappa shape index (κ1) is 22.6. The molecule has 0 aliphatic rings. The molecule has 0 radical (unpaired) electrons. The number of rotatable bonds is 3. The molecule has 0 nitrogen and oxygen atoms in total. The largest absolute Gasteiger partial charge is 0.0590 e. The van der Waals surface area contributed by atoms with Crippen LogP contribution < -0.4 is 0 Å². The maximum Gasteiger partial charge on any atom is 0.0146 e. The van der Waals surface area contributed by atoms with E-state index in [4.69, 9.17) is 0 Å². The second-order valence-electron chi connectivity index (χ2n) is 9.09. The molecule has 0 heteroatoms. The Morgan fingerprint density at radius 3 is 0.839 bits per heavy atom. The van der Waals surface area contributed by atoms with Crippen molar-refractivity contribution in [1.29, 1.82) is 0 Å². The maximum atomic E-state index is 2.28. The number of aryl methyl sites for hydroxylation is 4. The summed E-state index contributed by atoms with van der Waals surface area (Å²) in [7, 11) is 0. The van der Waals surface area contributed by atoms with Crippen LogP contribution in [0.4, 0.5) is 0 Å². The van der Waals surface area contributed by atoms with Gasteiger partial charge < -0.3 is 0 Å². The Kier molecular flexibility index (Phi) is 7.13. The van der Waals surface area contributed by atoms with Gasteiger partial charge in [0, 0.05) is 5.41 Å². The summed E-state index contributed by atoms with van der Waals surface area (Å²) < 4.78 is 0. The minimum absolute atomic E-state index is 0.0708. The third kappa shape index (κ3) is 5.95. The molecule has 0 N–H and O–H groups in total. The summed E-state index contributed by atoms with van der Waals surface area (Å²) in [5, 5.41) is 0. The van der Waals surface area contributed by atoms with Gasteiger partial charge >= 0.3 is 0 Å². The van der Waals surface area contributed by atoms with Crippen LogP contribution >= 0.6 is 0 Å². The molecule has 0 heterocycles. The van der Waals surface area contributed by atoms with E-state index in [2.05, 4.69) is 139 Å². The fraction of sp³-hybridized carbons (Fsp3) is 0.226. The number of benzene rings is 4. The van der Waals surface area contributed by atoms with Crippen LogP contribution in [0.1, 0.15) is 47.2 Å². The third-order valence-corrected chi connectivity index (χ3v) is 5.98. The van der Waals surface area contributed by atoms with E-state index >= 15 is 0 Å². The molecular weight excluding hydrogens is 372 g/mol. The van der Waals surface area contributed by atoms with Gasteiger partial charge in [-0.15, -0.1) is 0 Å². The lowest BCUT2D eigenvalue weighted by atomic mass is 9.78. The lowest BCUT2D eigenvalue weighted by Gasteiger charge is -2.26. The van der Waals surface area contributed by atoms with E-state index in [9.17, 15) is 0 Å². The first-order chi connectivity index (χ1) is 14.8. The number of hydrogen-bond acceptors (Lipinski definition) is 0. The average molecular weight is 407 g/mol. The van der Waals surface area contributed by atoms with Gasteiger partial charge in [0.2, 0.25) is 0 Å². The molecule has 0 aromatic heterocycles. The molecule has 0 aliphatic carbocycles. The summed E-state index contributed by atoms with van der Waals surface area (Å²) in [5.41, 5.74) is 10.6. The predicted octanol–water partition coefficient (Wildman–Crippen LogP) is 8.60. The van der Waals surface area contributed by atoms with E-state index in [1.807, 2.05) is 0 Å². The predicted molar refractivity (Wildman–Crippen MR) is 136 cm³/mol. The third-order valence-electron chi connectivity index (χ3n) is 5.98. The molecule has 0 spiro atoms. The van der Waals surface area contributed by atoms with Crippen LogP contribution in [0.5, 0.6) is 0 Å². The summed E-state index contributed by atoms with van der Waals surface area (Å²) in [6.07, 6.45) is 0. The van der Waals surface area contributed by atoms with Crippen LogP contribution in [-0.4, -0.2) is 0 Å². The highest BCUT2D eigenvalue weighted by atomic mass is 14.3. The molecule has 0 unspecified atom stereocenters. The van der Waals surface area contributed by atoms with Crippen molar-refractivity contribution >= 4 is 0 Å². The lowest BCUT2D eigenvalue weighted by molar-refractivity contribution is 0.640. The van der Waals surface area contributed by atoms with Crippen LogP contribution in [0.15, 0.2) is 97.1 Å². The topological polar surface area (TPSA) is 0 Å². The molecule has 0 fully saturated rings. The Labute approximate surface area is 188 Å². The van der Waals surface area contributed by atoms with E-state index in [1.54, 1.807) is 0 Å². The summed E-state index contributed by atoms with van der Waals surface area (Å²) >= 11 is 0. The van der Waals surface area contributed by atoms with Crippen molar-refractivity contribution in [2.45, 2.75) is 47.0 Å². The van der Waals surface area contributed by atoms with E-state index in [-0.39, 0.29) is 5.41 Å². The average Bonchev–Trinajstić information content (AvgIpc) is 2.76. The second kappa shape index (κ2) is 9.79. The Bertz CT molecular complexity index is 988. The standard InChI is InChI=1S/C17H20.C14H14/c1-13-5-9-15(10-6-13)17(3,4)16-11-7-14(2)8-12-16;1-11-3-7-13(8-4-11)14-9-5-12(2)6-10-14/h5-12H,1-4H3;3-10H,1-2H3. The Morgan fingerprint density at radius 2 is 0.581 bits per heavy atom. The highest BCUT2D eigenvalue weighted by molar-refractivity contribution is 5.63. The van der Waals surface area contributed by atoms with Crippen molar-refractivity contribution in [3.05, 3.63) is 130 Å². The number of hydrogen-bond donors (Lipinski definition) is 0. The van der Waals surface area contributed by atoms with Crippen LogP contribution in [0.3, 0.4) is 0 Å². The van der Waals surface area contributed by atoms with Gasteiger partial charge in [-0.2, -0.15) is 0 Å². The molecule has 0 bridgehead atoms. The minimum atomic E-state index is 0.0708. The van der Waals surface area contributed by atoms with Crippen LogP contribution in [0.2, 0.25) is 0 Å². The van der Waals surface area contributed by atoms with Crippen molar-refractivity contribution in [3.8, 4) is 11.1 Å². The van der Waals surface area contributed by atoms with Gasteiger partial charge in [0.1, 0.15) is 0 Å². The van der Waals surface area contributed by atoms with Crippen molar-refractivity contribution in [3.63, 3.8) is 0 Å². The Balaban J connectivity index is 0.000000179. The van der Waals surface area contributed by atoms with Crippen molar-refractivity contribution in [1.82, 2.24) is 0 Å². The van der Waals surface area contributed by atoms with Gasteiger partial charge in [-0.3, -0.25) is 0 Å². The smallest absolute Gasteiger partial charge is 0.0146 e. The highest BCUT2D eigenvalue weighted by Gasteiger charge is 2.22. The molecule has 0 saturated heterocycles. The van der Waals surface area contributed by atoms with Crippen LogP contribution in [0.25, 0.3) is 11.1 Å². The second-order valence-corrected chi connectivity index (χ2v) is 9.09. The molecule has 4 aromatic carbocycles. The molecular formula is C31H34. The molecule has 4 rings (SSSR count). The fourth-order valence-electron chi connectivity index (χ4n) is 3.60. The minimum Gasteiger partial charge on any atom is -0.0590 e. The molecule has 0 amide bonds. The first-order valence-corrected chi connectivity index (χ1v) is 11.0. The zero-order chi connectivity index (χ0) is 22.4. The normalized spacial score (nSPS) is 10.9. The molecule has 4 aromatic rings. The molecule has 31 heavy (non-hydrogen) atoms. The maximum absolute atomic E-state index is 2.28. The van der Waals surface area contributed by atoms with Gasteiger partial charge in [0.25, 0.3) is 0 Å². The summed E-state index contributed by atoms with van der Waals surface area (Å²) in [6, 6.07) is 34.9. The quantitative estimate of drug-likeness (QED) is 0.319. The Hall–Kier alpha value is -3.12. The molecule has 0 atom stereocenters. The van der Waals surface area contributed by atoms with E-state index in [0.717, 1.165) is 0 Å². The van der Waals surface area contributed by atoms with Crippen molar-refractivity contribution in [2.75, 3.05) is 0 Å². The fourth-order valence-corrected chi connectivity index (χ4v) is 3.60. The lowest BCUT2D eigenvalue weighted by Crippen LogP contribution is -2.18. The van der Waals surface area contributed by atoms with Crippen LogP contribution in [0, 0.1) is 27.7 Å². The van der Waals surface area contributed by atoms with Gasteiger partial charge in [-0.25, -0.2) is 0 Å². The molecule has 0 saturated carbocycles. The van der Waals surface area contributed by atoms with E-state index in [1.165, 1.54) is 44.5 Å². The monoisotopic (exact) mass is 406 g/mol. The highest BCUT2D eigenvalue weighted by Crippen LogP contribution is 2.31. The molecule has 0 aliphatic heterocycles. The van der Waals surface area contributed by atoms with Crippen molar-refractivity contribution in [2.24, 2.45) is 0 Å². The zero-order valence-electron chi connectivity index (χ0n) is 19.7. The van der Waals surface area contributed by atoms with Gasteiger partial charge in [-0.1, -0.05) is 133 Å². The zero-order valence-corrected chi connectivity index (χ0v) is 19.7. The van der Waals surface area contributed by atoms with E-state index in [0.29, 0.717) is 0 Å². The summed E-state index contributed by atoms with van der Waals surface area (Å²) in [5.74, 6) is 0.